The number of aryl methyl sites for hydroxylation is 1. The summed E-state index contributed by atoms with van der Waals surface area (Å²) >= 11 is 0. The summed E-state index contributed by atoms with van der Waals surface area (Å²) in [4.78, 5) is 19.8. The highest BCUT2D eigenvalue weighted by molar-refractivity contribution is 5.91. The van der Waals surface area contributed by atoms with Crippen molar-refractivity contribution < 1.29 is 13.6 Å². The van der Waals surface area contributed by atoms with Gasteiger partial charge in [0.2, 0.25) is 5.91 Å². The Morgan fingerprint density at radius 3 is 2.70 bits per heavy atom. The number of aromatic nitrogens is 1. The standard InChI is InChI=1S/C17H18FN3O2/c1-13-4-5-14(23-13)6-7-16(22)20-9-11-21(12-10-20)17-15(18)3-2-8-19-17/h2-8H,9-12H2,1H3/b7-6+. The predicted molar refractivity (Wildman–Crippen MR) is 85.5 cm³/mol. The fraction of sp³-hybridized carbons (Fsp3) is 0.294. The van der Waals surface area contributed by atoms with E-state index < -0.39 is 0 Å². The van der Waals surface area contributed by atoms with Crippen LogP contribution >= 0.6 is 0 Å². The molecule has 0 atom stereocenters. The van der Waals surface area contributed by atoms with Gasteiger partial charge in [-0.05, 0) is 37.3 Å². The second-order valence-electron chi connectivity index (χ2n) is 5.40. The van der Waals surface area contributed by atoms with E-state index in [1.165, 1.54) is 12.1 Å². The van der Waals surface area contributed by atoms with Crippen LogP contribution in [0.2, 0.25) is 0 Å². The van der Waals surface area contributed by atoms with Crippen LogP contribution in [0.25, 0.3) is 6.08 Å². The third-order valence-electron chi connectivity index (χ3n) is 3.78. The fourth-order valence-electron chi connectivity index (χ4n) is 2.55. The molecule has 120 valence electrons. The van der Waals surface area contributed by atoms with Gasteiger partial charge in [-0.3, -0.25) is 4.79 Å². The third kappa shape index (κ3) is 3.59. The van der Waals surface area contributed by atoms with Gasteiger partial charge in [-0.2, -0.15) is 0 Å². The average Bonchev–Trinajstić information content (AvgIpc) is 2.99. The van der Waals surface area contributed by atoms with Crippen molar-refractivity contribution in [3.8, 4) is 0 Å². The first-order chi connectivity index (χ1) is 11.1. The molecule has 1 fully saturated rings. The topological polar surface area (TPSA) is 49.6 Å². The monoisotopic (exact) mass is 315 g/mol. The number of piperazine rings is 1. The molecule has 6 heteroatoms. The molecule has 0 bridgehead atoms. The summed E-state index contributed by atoms with van der Waals surface area (Å²) in [6.45, 7) is 4.06. The largest absolute Gasteiger partial charge is 0.462 e. The van der Waals surface area contributed by atoms with Crippen molar-refractivity contribution in [2.24, 2.45) is 0 Å². The van der Waals surface area contributed by atoms with Crippen LogP contribution in [0.4, 0.5) is 10.2 Å². The van der Waals surface area contributed by atoms with Gasteiger partial charge in [-0.15, -0.1) is 0 Å². The molecule has 23 heavy (non-hydrogen) atoms. The molecular weight excluding hydrogens is 297 g/mol. The van der Waals surface area contributed by atoms with Crippen molar-refractivity contribution in [3.63, 3.8) is 0 Å². The van der Waals surface area contributed by atoms with Gasteiger partial charge in [0.05, 0.1) is 0 Å². The molecule has 5 nitrogen and oxygen atoms in total. The second kappa shape index (κ2) is 6.64. The summed E-state index contributed by atoms with van der Waals surface area (Å²) in [5, 5.41) is 0. The summed E-state index contributed by atoms with van der Waals surface area (Å²) in [7, 11) is 0. The average molecular weight is 315 g/mol. The van der Waals surface area contributed by atoms with E-state index in [9.17, 15) is 9.18 Å². The maximum atomic E-state index is 13.7. The van der Waals surface area contributed by atoms with Crippen molar-refractivity contribution in [2.75, 3.05) is 31.1 Å². The predicted octanol–water partition coefficient (Wildman–Crippen LogP) is 2.48. The van der Waals surface area contributed by atoms with E-state index >= 15 is 0 Å². The number of halogens is 1. The zero-order valence-electron chi connectivity index (χ0n) is 12.9. The van der Waals surface area contributed by atoms with Crippen LogP contribution in [0, 0.1) is 12.7 Å². The van der Waals surface area contributed by atoms with Gasteiger partial charge in [-0.25, -0.2) is 9.37 Å². The van der Waals surface area contributed by atoms with Crippen molar-refractivity contribution in [1.82, 2.24) is 9.88 Å². The van der Waals surface area contributed by atoms with Crippen LogP contribution in [-0.4, -0.2) is 42.0 Å². The number of hydrogen-bond donors (Lipinski definition) is 0. The molecular formula is C17H18FN3O2. The van der Waals surface area contributed by atoms with Gasteiger partial charge in [0.15, 0.2) is 11.6 Å². The maximum absolute atomic E-state index is 13.7. The summed E-state index contributed by atoms with van der Waals surface area (Å²) in [5.74, 6) is 1.41. The van der Waals surface area contributed by atoms with Gasteiger partial charge in [-0.1, -0.05) is 0 Å². The highest BCUT2D eigenvalue weighted by Gasteiger charge is 2.22. The number of carbonyl (C=O) groups is 1. The lowest BCUT2D eigenvalue weighted by molar-refractivity contribution is -0.126. The van der Waals surface area contributed by atoms with Gasteiger partial charge >= 0.3 is 0 Å². The number of nitrogens with zero attached hydrogens (tertiary/aromatic N) is 3. The lowest BCUT2D eigenvalue weighted by atomic mass is 10.2. The molecule has 0 radical (unpaired) electrons. The smallest absolute Gasteiger partial charge is 0.246 e. The van der Waals surface area contributed by atoms with Crippen LogP contribution in [0.5, 0.6) is 0 Å². The fourth-order valence-corrected chi connectivity index (χ4v) is 2.55. The van der Waals surface area contributed by atoms with Gasteiger partial charge in [0.1, 0.15) is 11.5 Å². The van der Waals surface area contributed by atoms with Gasteiger partial charge < -0.3 is 14.2 Å². The molecule has 0 aromatic carbocycles. The molecule has 2 aromatic heterocycles. The molecule has 1 saturated heterocycles. The summed E-state index contributed by atoms with van der Waals surface area (Å²) in [5.41, 5.74) is 0. The molecule has 1 amide bonds. The van der Waals surface area contributed by atoms with Crippen molar-refractivity contribution in [2.45, 2.75) is 6.92 Å². The molecule has 0 aliphatic carbocycles. The number of pyridine rings is 1. The maximum Gasteiger partial charge on any atom is 0.246 e. The molecule has 0 N–H and O–H groups in total. The Kier molecular flexibility index (Phi) is 4.41. The quantitative estimate of drug-likeness (QED) is 0.817. The summed E-state index contributed by atoms with van der Waals surface area (Å²) < 4.78 is 19.1. The number of hydrogen-bond acceptors (Lipinski definition) is 4. The van der Waals surface area contributed by atoms with Crippen molar-refractivity contribution >= 4 is 17.8 Å². The number of rotatable bonds is 3. The van der Waals surface area contributed by atoms with Gasteiger partial charge in [0.25, 0.3) is 0 Å². The first-order valence-corrected chi connectivity index (χ1v) is 7.52. The Balaban J connectivity index is 1.57. The Labute approximate surface area is 134 Å². The minimum absolute atomic E-state index is 0.0693. The minimum Gasteiger partial charge on any atom is -0.462 e. The van der Waals surface area contributed by atoms with Crippen molar-refractivity contribution in [3.05, 3.63) is 53.9 Å². The molecule has 3 heterocycles. The van der Waals surface area contributed by atoms with Gasteiger partial charge in [0, 0.05) is 38.5 Å². The lowest BCUT2D eigenvalue weighted by Gasteiger charge is -2.35. The summed E-state index contributed by atoms with van der Waals surface area (Å²) in [6, 6.07) is 6.64. The minimum atomic E-state index is -0.333. The van der Waals surface area contributed by atoms with E-state index in [-0.39, 0.29) is 11.7 Å². The molecule has 3 rings (SSSR count). The molecule has 2 aromatic rings. The Bertz CT molecular complexity index is 718. The molecule has 0 unspecified atom stereocenters. The normalized spacial score (nSPS) is 15.4. The number of furan rings is 1. The van der Waals surface area contributed by atoms with Crippen LogP contribution < -0.4 is 4.90 Å². The molecule has 1 aliphatic rings. The van der Waals surface area contributed by atoms with Crippen LogP contribution in [0.3, 0.4) is 0 Å². The van der Waals surface area contributed by atoms with Crippen molar-refractivity contribution in [1.29, 1.82) is 0 Å². The lowest BCUT2D eigenvalue weighted by Crippen LogP contribution is -2.48. The van der Waals surface area contributed by atoms with E-state index in [0.29, 0.717) is 37.8 Å². The molecule has 1 aliphatic heterocycles. The Hall–Kier alpha value is -2.63. The summed E-state index contributed by atoms with van der Waals surface area (Å²) in [6.07, 6.45) is 4.75. The highest BCUT2D eigenvalue weighted by atomic mass is 19.1. The van der Waals surface area contributed by atoms with E-state index in [0.717, 1.165) is 5.76 Å². The Morgan fingerprint density at radius 2 is 2.04 bits per heavy atom. The number of anilines is 1. The van der Waals surface area contributed by atoms with Crippen LogP contribution in [0.1, 0.15) is 11.5 Å². The second-order valence-corrected chi connectivity index (χ2v) is 5.40. The van der Waals surface area contributed by atoms with Crippen LogP contribution in [-0.2, 0) is 4.79 Å². The first kappa shape index (κ1) is 15.3. The number of carbonyl (C=O) groups excluding carboxylic acids is 1. The Morgan fingerprint density at radius 1 is 1.26 bits per heavy atom. The van der Waals surface area contributed by atoms with E-state index in [4.69, 9.17) is 4.42 Å². The third-order valence-corrected chi connectivity index (χ3v) is 3.78. The first-order valence-electron chi connectivity index (χ1n) is 7.52. The zero-order chi connectivity index (χ0) is 16.2. The van der Waals surface area contributed by atoms with Crippen LogP contribution in [0.15, 0.2) is 41.0 Å². The zero-order valence-corrected chi connectivity index (χ0v) is 12.9. The molecule has 0 spiro atoms. The van der Waals surface area contributed by atoms with E-state index in [1.807, 2.05) is 24.0 Å². The molecule has 0 saturated carbocycles. The highest BCUT2D eigenvalue weighted by Crippen LogP contribution is 2.17. The van der Waals surface area contributed by atoms with E-state index in [2.05, 4.69) is 4.98 Å². The SMILES string of the molecule is Cc1ccc(/C=C/C(=O)N2CCN(c3ncccc3F)CC2)o1. The van der Waals surface area contributed by atoms with E-state index in [1.54, 1.807) is 23.2 Å². The number of amides is 1.